The van der Waals surface area contributed by atoms with Gasteiger partial charge in [0.1, 0.15) is 5.54 Å². The van der Waals surface area contributed by atoms with Gasteiger partial charge >= 0.3 is 5.97 Å². The molecule has 0 saturated carbocycles. The lowest BCUT2D eigenvalue weighted by Gasteiger charge is -2.28. The van der Waals surface area contributed by atoms with Crippen LogP contribution >= 0.6 is 11.8 Å². The highest BCUT2D eigenvalue weighted by Crippen LogP contribution is 2.29. The second kappa shape index (κ2) is 6.07. The molecule has 2 aliphatic rings. The summed E-state index contributed by atoms with van der Waals surface area (Å²) in [6.07, 6.45) is 3.36. The van der Waals surface area contributed by atoms with Crippen LogP contribution in [0.5, 0.6) is 0 Å². The minimum absolute atomic E-state index is 0.0944. The number of carbonyl (C=O) groups excluding carboxylic acids is 1. The van der Waals surface area contributed by atoms with E-state index in [4.69, 9.17) is 9.47 Å². The predicted octanol–water partition coefficient (Wildman–Crippen LogP) is 1.19. The molecule has 2 rings (SSSR count). The van der Waals surface area contributed by atoms with Crippen molar-refractivity contribution in [1.29, 1.82) is 0 Å². The molecule has 17 heavy (non-hydrogen) atoms. The first kappa shape index (κ1) is 13.2. The van der Waals surface area contributed by atoms with E-state index in [0.717, 1.165) is 43.9 Å². The third-order valence-electron chi connectivity index (χ3n) is 3.38. The average Bonchev–Trinajstić information content (AvgIpc) is 2.99. The zero-order valence-electron chi connectivity index (χ0n) is 10.4. The van der Waals surface area contributed by atoms with Gasteiger partial charge in [0.2, 0.25) is 0 Å². The van der Waals surface area contributed by atoms with Crippen LogP contribution in [0.4, 0.5) is 0 Å². The highest BCUT2D eigenvalue weighted by molar-refractivity contribution is 7.99. The Labute approximate surface area is 107 Å². The van der Waals surface area contributed by atoms with Crippen LogP contribution < -0.4 is 5.32 Å². The Morgan fingerprint density at radius 2 is 2.53 bits per heavy atom. The molecule has 2 saturated heterocycles. The number of nitrogens with one attached hydrogen (secondary N) is 1. The predicted molar refractivity (Wildman–Crippen MR) is 68.3 cm³/mol. The summed E-state index contributed by atoms with van der Waals surface area (Å²) in [6.45, 7) is 3.92. The van der Waals surface area contributed by atoms with E-state index in [9.17, 15) is 4.79 Å². The van der Waals surface area contributed by atoms with Gasteiger partial charge in [-0.2, -0.15) is 11.8 Å². The largest absolute Gasteiger partial charge is 0.465 e. The van der Waals surface area contributed by atoms with Gasteiger partial charge in [-0.3, -0.25) is 10.1 Å². The molecule has 1 N–H and O–H groups in total. The Hall–Kier alpha value is -0.260. The maximum atomic E-state index is 12.0. The summed E-state index contributed by atoms with van der Waals surface area (Å²) in [4.78, 5) is 12.0. The first-order chi connectivity index (χ1) is 8.27. The van der Waals surface area contributed by atoms with Gasteiger partial charge in [0.15, 0.2) is 0 Å². The minimum Gasteiger partial charge on any atom is -0.465 e. The van der Waals surface area contributed by atoms with Crippen LogP contribution in [0.2, 0.25) is 0 Å². The molecule has 0 aromatic carbocycles. The van der Waals surface area contributed by atoms with Gasteiger partial charge in [0.05, 0.1) is 12.7 Å². The van der Waals surface area contributed by atoms with Crippen molar-refractivity contribution in [2.45, 2.75) is 37.8 Å². The van der Waals surface area contributed by atoms with Crippen molar-refractivity contribution < 1.29 is 14.3 Å². The number of hydrogen-bond donors (Lipinski definition) is 1. The molecule has 0 bridgehead atoms. The summed E-state index contributed by atoms with van der Waals surface area (Å²) in [5, 5.41) is 3.40. The van der Waals surface area contributed by atoms with Gasteiger partial charge in [-0.1, -0.05) is 0 Å². The fourth-order valence-electron chi connectivity index (χ4n) is 2.32. The Balaban J connectivity index is 1.89. The number of esters is 1. The Bertz CT molecular complexity index is 260. The molecular weight excluding hydrogens is 238 g/mol. The zero-order valence-corrected chi connectivity index (χ0v) is 11.2. The molecular formula is C12H21NO3S. The average molecular weight is 259 g/mol. The normalized spacial score (nSPS) is 32.9. The lowest BCUT2D eigenvalue weighted by molar-refractivity contribution is -0.150. The monoisotopic (exact) mass is 259 g/mol. The molecule has 98 valence electrons. The number of thioether (sulfide) groups is 1. The second-order valence-electron chi connectivity index (χ2n) is 4.62. The lowest BCUT2D eigenvalue weighted by Crippen LogP contribution is -2.55. The standard InChI is InChI=1S/C12H21NO3S/c1-2-15-11(14)12(5-7-17-9-12)13-8-10-4-3-6-16-10/h10,13H,2-9H2,1H3. The van der Waals surface area contributed by atoms with Gasteiger partial charge in [-0.15, -0.1) is 0 Å². The fraction of sp³-hybridized carbons (Fsp3) is 0.917. The summed E-state index contributed by atoms with van der Waals surface area (Å²) in [5.74, 6) is 1.75. The molecule has 4 nitrogen and oxygen atoms in total. The van der Waals surface area contributed by atoms with Crippen LogP contribution in [-0.2, 0) is 14.3 Å². The van der Waals surface area contributed by atoms with Gasteiger partial charge in [0.25, 0.3) is 0 Å². The molecule has 2 atom stereocenters. The molecule has 0 aromatic heterocycles. The summed E-state index contributed by atoms with van der Waals surface area (Å²) in [7, 11) is 0. The van der Waals surface area contributed by atoms with Crippen molar-refractivity contribution in [2.24, 2.45) is 0 Å². The van der Waals surface area contributed by atoms with Crippen LogP contribution in [-0.4, -0.2) is 48.9 Å². The number of carbonyl (C=O) groups is 1. The molecule has 2 fully saturated rings. The molecule has 2 unspecified atom stereocenters. The van der Waals surface area contributed by atoms with Gasteiger partial charge in [-0.05, 0) is 31.9 Å². The Morgan fingerprint density at radius 3 is 3.12 bits per heavy atom. The van der Waals surface area contributed by atoms with Crippen LogP contribution in [0.25, 0.3) is 0 Å². The van der Waals surface area contributed by atoms with Gasteiger partial charge in [0, 0.05) is 18.9 Å². The summed E-state index contributed by atoms with van der Waals surface area (Å²) in [5.41, 5.74) is -0.466. The smallest absolute Gasteiger partial charge is 0.327 e. The van der Waals surface area contributed by atoms with Gasteiger partial charge < -0.3 is 9.47 Å². The second-order valence-corrected chi connectivity index (χ2v) is 5.73. The van der Waals surface area contributed by atoms with Crippen molar-refractivity contribution in [3.05, 3.63) is 0 Å². The molecule has 0 aromatic rings. The van der Waals surface area contributed by atoms with Crippen LogP contribution in [0, 0.1) is 0 Å². The van der Waals surface area contributed by atoms with E-state index in [0.29, 0.717) is 6.61 Å². The summed E-state index contributed by atoms with van der Waals surface area (Å²) >= 11 is 1.81. The van der Waals surface area contributed by atoms with E-state index in [2.05, 4.69) is 5.32 Å². The van der Waals surface area contributed by atoms with E-state index in [1.54, 1.807) is 0 Å². The van der Waals surface area contributed by atoms with Crippen molar-refractivity contribution in [1.82, 2.24) is 5.32 Å². The van der Waals surface area contributed by atoms with E-state index >= 15 is 0 Å². The molecule has 0 aliphatic carbocycles. The molecule has 2 aliphatic heterocycles. The molecule has 0 spiro atoms. The highest BCUT2D eigenvalue weighted by atomic mass is 32.2. The van der Waals surface area contributed by atoms with E-state index < -0.39 is 5.54 Å². The van der Waals surface area contributed by atoms with E-state index in [1.165, 1.54) is 0 Å². The SMILES string of the molecule is CCOC(=O)C1(NCC2CCCO2)CCSC1. The third-order valence-corrected chi connectivity index (χ3v) is 4.57. The fourth-order valence-corrected chi connectivity index (χ4v) is 3.67. The summed E-state index contributed by atoms with van der Waals surface area (Å²) in [6, 6.07) is 0. The molecule has 5 heteroatoms. The molecule has 0 amide bonds. The molecule has 2 heterocycles. The zero-order chi connectivity index (χ0) is 12.1. The quantitative estimate of drug-likeness (QED) is 0.752. The minimum atomic E-state index is -0.466. The number of rotatable bonds is 5. The maximum absolute atomic E-state index is 12.0. The topological polar surface area (TPSA) is 47.6 Å². The van der Waals surface area contributed by atoms with Gasteiger partial charge in [-0.25, -0.2) is 0 Å². The van der Waals surface area contributed by atoms with E-state index in [1.807, 2.05) is 18.7 Å². The number of hydrogen-bond acceptors (Lipinski definition) is 5. The Kier molecular flexibility index (Phi) is 4.70. The number of ether oxygens (including phenoxy) is 2. The maximum Gasteiger partial charge on any atom is 0.327 e. The first-order valence-corrected chi connectivity index (χ1v) is 7.54. The van der Waals surface area contributed by atoms with Crippen LogP contribution in [0.15, 0.2) is 0 Å². The van der Waals surface area contributed by atoms with Crippen molar-refractivity contribution in [2.75, 3.05) is 31.3 Å². The first-order valence-electron chi connectivity index (χ1n) is 6.38. The highest BCUT2D eigenvalue weighted by Gasteiger charge is 2.43. The van der Waals surface area contributed by atoms with Crippen molar-refractivity contribution >= 4 is 17.7 Å². The van der Waals surface area contributed by atoms with Crippen molar-refractivity contribution in [3.8, 4) is 0 Å². The third kappa shape index (κ3) is 3.14. The van der Waals surface area contributed by atoms with Crippen LogP contribution in [0.3, 0.4) is 0 Å². The summed E-state index contributed by atoms with van der Waals surface area (Å²) < 4.78 is 10.8. The van der Waals surface area contributed by atoms with Crippen molar-refractivity contribution in [3.63, 3.8) is 0 Å². The lowest BCUT2D eigenvalue weighted by atomic mass is 9.98. The van der Waals surface area contributed by atoms with Crippen LogP contribution in [0.1, 0.15) is 26.2 Å². The van der Waals surface area contributed by atoms with E-state index in [-0.39, 0.29) is 12.1 Å². The molecule has 0 radical (unpaired) electrons. The Morgan fingerprint density at radius 1 is 1.65 bits per heavy atom.